The van der Waals surface area contributed by atoms with Gasteiger partial charge in [-0.2, -0.15) is 0 Å². The summed E-state index contributed by atoms with van der Waals surface area (Å²) in [5.74, 6) is 0.356. The Morgan fingerprint density at radius 2 is 1.58 bits per heavy atom. The summed E-state index contributed by atoms with van der Waals surface area (Å²) in [5.41, 5.74) is 6.05. The van der Waals surface area contributed by atoms with Gasteiger partial charge in [-0.15, -0.1) is 0 Å². The SMILES string of the molecule is Cc1cc(-c2c3ccccc3c(C(C)C)c[n+]2C)c(C)c(C)c1F. The minimum absolute atomic E-state index is 0.0954. The molecule has 2 heteroatoms. The predicted molar refractivity (Wildman–Crippen MR) is 98.8 cm³/mol. The van der Waals surface area contributed by atoms with E-state index in [0.29, 0.717) is 11.5 Å². The second-order valence-corrected chi connectivity index (χ2v) is 7.05. The smallest absolute Gasteiger partial charge is 0.206 e. The lowest BCUT2D eigenvalue weighted by atomic mass is 9.91. The zero-order chi connectivity index (χ0) is 17.6. The van der Waals surface area contributed by atoms with Crippen LogP contribution in [0.4, 0.5) is 4.39 Å². The monoisotopic (exact) mass is 322 g/mol. The van der Waals surface area contributed by atoms with Crippen LogP contribution in [0, 0.1) is 26.6 Å². The number of pyridine rings is 1. The summed E-state index contributed by atoms with van der Waals surface area (Å²) in [4.78, 5) is 0. The van der Waals surface area contributed by atoms with E-state index in [-0.39, 0.29) is 5.82 Å². The van der Waals surface area contributed by atoms with Crippen molar-refractivity contribution in [3.63, 3.8) is 0 Å². The van der Waals surface area contributed by atoms with Gasteiger partial charge >= 0.3 is 0 Å². The molecule has 0 aliphatic carbocycles. The minimum Gasteiger partial charge on any atom is -0.206 e. The second-order valence-electron chi connectivity index (χ2n) is 7.05. The number of benzene rings is 2. The van der Waals surface area contributed by atoms with Crippen molar-refractivity contribution in [3.8, 4) is 11.3 Å². The molecule has 1 nitrogen and oxygen atoms in total. The molecule has 24 heavy (non-hydrogen) atoms. The highest BCUT2D eigenvalue weighted by Gasteiger charge is 2.23. The van der Waals surface area contributed by atoms with Crippen LogP contribution < -0.4 is 4.57 Å². The molecule has 0 atom stereocenters. The molecular weight excluding hydrogens is 297 g/mol. The first kappa shape index (κ1) is 16.6. The normalized spacial score (nSPS) is 11.5. The fourth-order valence-corrected chi connectivity index (χ4v) is 3.57. The van der Waals surface area contributed by atoms with E-state index < -0.39 is 0 Å². The molecule has 0 saturated heterocycles. The highest BCUT2D eigenvalue weighted by atomic mass is 19.1. The van der Waals surface area contributed by atoms with E-state index in [9.17, 15) is 4.39 Å². The molecular formula is C22H25FN+. The molecule has 0 bridgehead atoms. The fraction of sp³-hybridized carbons (Fsp3) is 0.318. The lowest BCUT2D eigenvalue weighted by Gasteiger charge is -2.15. The molecule has 3 rings (SSSR count). The zero-order valence-electron chi connectivity index (χ0n) is 15.4. The first-order valence-electron chi connectivity index (χ1n) is 8.50. The van der Waals surface area contributed by atoms with Gasteiger partial charge in [0.15, 0.2) is 6.20 Å². The lowest BCUT2D eigenvalue weighted by Crippen LogP contribution is -2.32. The Morgan fingerprint density at radius 3 is 2.21 bits per heavy atom. The molecule has 2 aromatic carbocycles. The number of aryl methyl sites for hydroxylation is 2. The average molecular weight is 322 g/mol. The van der Waals surface area contributed by atoms with Crippen molar-refractivity contribution in [2.75, 3.05) is 0 Å². The Kier molecular flexibility index (Phi) is 4.16. The summed E-state index contributed by atoms with van der Waals surface area (Å²) in [7, 11) is 2.08. The van der Waals surface area contributed by atoms with E-state index in [4.69, 9.17) is 0 Å². The maximum Gasteiger partial charge on any atom is 0.220 e. The topological polar surface area (TPSA) is 3.88 Å². The highest BCUT2D eigenvalue weighted by molar-refractivity contribution is 5.95. The summed E-state index contributed by atoms with van der Waals surface area (Å²) in [6, 6.07) is 10.5. The number of hydrogen-bond acceptors (Lipinski definition) is 0. The summed E-state index contributed by atoms with van der Waals surface area (Å²) in [6.45, 7) is 10.2. The largest absolute Gasteiger partial charge is 0.220 e. The third-order valence-corrected chi connectivity index (χ3v) is 5.06. The van der Waals surface area contributed by atoms with Crippen LogP contribution in [0.3, 0.4) is 0 Å². The van der Waals surface area contributed by atoms with Crippen LogP contribution in [0.25, 0.3) is 22.0 Å². The predicted octanol–water partition coefficient (Wildman–Crippen LogP) is 5.52. The van der Waals surface area contributed by atoms with Crippen LogP contribution >= 0.6 is 0 Å². The van der Waals surface area contributed by atoms with Gasteiger partial charge in [-0.05, 0) is 60.9 Å². The van der Waals surface area contributed by atoms with E-state index in [1.807, 2.05) is 26.8 Å². The Bertz CT molecular complexity index is 939. The third kappa shape index (κ3) is 2.50. The first-order chi connectivity index (χ1) is 11.3. The number of fused-ring (bicyclic) bond motifs is 1. The maximum atomic E-state index is 14.3. The minimum atomic E-state index is -0.0954. The molecule has 0 amide bonds. The average Bonchev–Trinajstić information content (AvgIpc) is 2.56. The van der Waals surface area contributed by atoms with Gasteiger partial charge in [-0.3, -0.25) is 0 Å². The van der Waals surface area contributed by atoms with Crippen molar-refractivity contribution in [2.24, 2.45) is 7.05 Å². The van der Waals surface area contributed by atoms with Gasteiger partial charge in [0.25, 0.3) is 0 Å². The number of rotatable bonds is 2. The molecule has 1 aromatic heterocycles. The standard InChI is InChI=1S/C22H25FN/c1-13(2)20-12-24(6)22(18-10-8-7-9-17(18)20)19-11-14(3)21(23)16(5)15(19)4/h7-13H,1-6H3/q+1. The Hall–Kier alpha value is -2.22. The highest BCUT2D eigenvalue weighted by Crippen LogP contribution is 2.34. The third-order valence-electron chi connectivity index (χ3n) is 5.06. The quantitative estimate of drug-likeness (QED) is 0.547. The van der Waals surface area contributed by atoms with Crippen molar-refractivity contribution in [2.45, 2.75) is 40.5 Å². The van der Waals surface area contributed by atoms with E-state index in [0.717, 1.165) is 22.4 Å². The van der Waals surface area contributed by atoms with E-state index in [1.54, 1.807) is 0 Å². The zero-order valence-corrected chi connectivity index (χ0v) is 15.4. The number of halogens is 1. The Labute approximate surface area is 143 Å². The van der Waals surface area contributed by atoms with E-state index in [1.165, 1.54) is 16.3 Å². The van der Waals surface area contributed by atoms with Crippen LogP contribution in [-0.4, -0.2) is 0 Å². The van der Waals surface area contributed by atoms with Gasteiger partial charge in [0.2, 0.25) is 5.69 Å². The van der Waals surface area contributed by atoms with Gasteiger partial charge in [0, 0.05) is 5.56 Å². The van der Waals surface area contributed by atoms with Gasteiger partial charge < -0.3 is 0 Å². The summed E-state index contributed by atoms with van der Waals surface area (Å²) >= 11 is 0. The van der Waals surface area contributed by atoms with Crippen LogP contribution in [0.2, 0.25) is 0 Å². The van der Waals surface area contributed by atoms with Crippen molar-refractivity contribution >= 4 is 10.8 Å². The molecule has 0 aliphatic rings. The van der Waals surface area contributed by atoms with E-state index in [2.05, 4.69) is 55.9 Å². The lowest BCUT2D eigenvalue weighted by molar-refractivity contribution is -0.659. The van der Waals surface area contributed by atoms with Crippen LogP contribution in [-0.2, 0) is 7.05 Å². The molecule has 0 saturated carbocycles. The number of hydrogen-bond donors (Lipinski definition) is 0. The van der Waals surface area contributed by atoms with Gasteiger partial charge in [0.05, 0.1) is 10.9 Å². The molecule has 3 aromatic rings. The van der Waals surface area contributed by atoms with E-state index >= 15 is 0 Å². The molecule has 0 radical (unpaired) electrons. The molecule has 0 aliphatic heterocycles. The number of nitrogens with zero attached hydrogens (tertiary/aromatic N) is 1. The van der Waals surface area contributed by atoms with Crippen LogP contribution in [0.15, 0.2) is 36.5 Å². The van der Waals surface area contributed by atoms with Crippen molar-refractivity contribution in [3.05, 3.63) is 64.6 Å². The molecule has 124 valence electrons. The first-order valence-corrected chi connectivity index (χ1v) is 8.50. The molecule has 0 spiro atoms. The fourth-order valence-electron chi connectivity index (χ4n) is 3.57. The molecule has 0 unspecified atom stereocenters. The van der Waals surface area contributed by atoms with Crippen molar-refractivity contribution < 1.29 is 8.96 Å². The van der Waals surface area contributed by atoms with Gasteiger partial charge in [-0.1, -0.05) is 32.0 Å². The van der Waals surface area contributed by atoms with Crippen LogP contribution in [0.5, 0.6) is 0 Å². The van der Waals surface area contributed by atoms with Gasteiger partial charge in [-0.25, -0.2) is 8.96 Å². The van der Waals surface area contributed by atoms with Crippen molar-refractivity contribution in [1.82, 2.24) is 0 Å². The second kappa shape index (κ2) is 6.01. The summed E-state index contributed by atoms with van der Waals surface area (Å²) in [5, 5.41) is 2.50. The maximum absolute atomic E-state index is 14.3. The Balaban J connectivity index is 2.45. The molecule has 0 N–H and O–H groups in total. The molecule has 0 fully saturated rings. The molecule has 1 heterocycles. The van der Waals surface area contributed by atoms with Gasteiger partial charge in [0.1, 0.15) is 12.9 Å². The van der Waals surface area contributed by atoms with Crippen LogP contribution in [0.1, 0.15) is 42.0 Å². The number of aromatic nitrogens is 1. The van der Waals surface area contributed by atoms with Crippen molar-refractivity contribution in [1.29, 1.82) is 0 Å². The Morgan fingerprint density at radius 1 is 0.958 bits per heavy atom. The summed E-state index contributed by atoms with van der Waals surface area (Å²) < 4.78 is 16.5. The summed E-state index contributed by atoms with van der Waals surface area (Å²) in [6.07, 6.45) is 2.22.